The third-order valence-corrected chi connectivity index (χ3v) is 3.48. The Hall–Kier alpha value is -2.38. The fraction of sp³-hybridized carbons (Fsp3) is 0.278. The van der Waals surface area contributed by atoms with Crippen LogP contribution in [0, 0.1) is 24.6 Å². The van der Waals surface area contributed by atoms with Crippen LogP contribution in [0.1, 0.15) is 23.1 Å². The predicted octanol–water partition coefficient (Wildman–Crippen LogP) is 2.67. The summed E-state index contributed by atoms with van der Waals surface area (Å²) in [6.07, 6.45) is 4.50. The molecule has 22 heavy (non-hydrogen) atoms. The average molecular weight is 296 g/mol. The van der Waals surface area contributed by atoms with E-state index >= 15 is 0 Å². The van der Waals surface area contributed by atoms with Crippen LogP contribution in [-0.2, 0) is 0 Å². The summed E-state index contributed by atoms with van der Waals surface area (Å²) in [6, 6.07) is 7.05. The summed E-state index contributed by atoms with van der Waals surface area (Å²) < 4.78 is 19.0. The Morgan fingerprint density at radius 2 is 2.05 bits per heavy atom. The van der Waals surface area contributed by atoms with Gasteiger partial charge in [0.05, 0.1) is 6.20 Å². The highest BCUT2D eigenvalue weighted by Crippen LogP contribution is 2.13. The van der Waals surface area contributed by atoms with Crippen LogP contribution >= 0.6 is 0 Å². The van der Waals surface area contributed by atoms with Crippen LogP contribution in [-0.4, -0.2) is 24.2 Å². The van der Waals surface area contributed by atoms with Crippen LogP contribution in [0.4, 0.5) is 4.39 Å². The second-order valence-corrected chi connectivity index (χ2v) is 5.43. The van der Waals surface area contributed by atoms with Crippen molar-refractivity contribution in [3.8, 4) is 17.6 Å². The maximum atomic E-state index is 13.3. The summed E-state index contributed by atoms with van der Waals surface area (Å²) in [7, 11) is 0. The lowest BCUT2D eigenvalue weighted by Gasteiger charge is -2.27. The zero-order valence-corrected chi connectivity index (χ0v) is 12.4. The summed E-state index contributed by atoms with van der Waals surface area (Å²) in [5.41, 5.74) is 2.26. The van der Waals surface area contributed by atoms with Gasteiger partial charge in [-0.15, -0.1) is 0 Å². The van der Waals surface area contributed by atoms with Crippen LogP contribution in [0.5, 0.6) is 5.75 Å². The van der Waals surface area contributed by atoms with Crippen molar-refractivity contribution in [3.63, 3.8) is 0 Å². The molecule has 0 amide bonds. The standard InChI is InChI=1S/C18H17FN2O/c1-13-6-14(8-16(19)7-13)2-3-15-9-18(11-20-10-15)22-12-17-4-5-21-17/h6-11,17,21H,4-5,12H2,1H3. The van der Waals surface area contributed by atoms with Gasteiger partial charge in [0.15, 0.2) is 0 Å². The first-order valence-electron chi connectivity index (χ1n) is 7.29. The average Bonchev–Trinajstić information content (AvgIpc) is 2.43. The number of hydrogen-bond donors (Lipinski definition) is 1. The number of hydrogen-bond acceptors (Lipinski definition) is 3. The number of aromatic nitrogens is 1. The van der Waals surface area contributed by atoms with Gasteiger partial charge in [0.25, 0.3) is 0 Å². The first-order valence-corrected chi connectivity index (χ1v) is 7.29. The maximum absolute atomic E-state index is 13.3. The molecule has 2 aromatic rings. The van der Waals surface area contributed by atoms with Crippen LogP contribution in [0.25, 0.3) is 0 Å². The van der Waals surface area contributed by atoms with Gasteiger partial charge in [-0.3, -0.25) is 4.98 Å². The Morgan fingerprint density at radius 1 is 1.23 bits per heavy atom. The van der Waals surface area contributed by atoms with E-state index < -0.39 is 0 Å². The van der Waals surface area contributed by atoms with E-state index in [0.29, 0.717) is 24.0 Å². The van der Waals surface area contributed by atoms with Crippen LogP contribution in [0.15, 0.2) is 36.7 Å². The molecule has 1 aliphatic rings. The molecule has 1 fully saturated rings. The van der Waals surface area contributed by atoms with Crippen LogP contribution in [0.2, 0.25) is 0 Å². The summed E-state index contributed by atoms with van der Waals surface area (Å²) in [6.45, 7) is 3.55. The van der Waals surface area contributed by atoms with Crippen molar-refractivity contribution in [1.29, 1.82) is 0 Å². The largest absolute Gasteiger partial charge is 0.490 e. The normalized spacial score (nSPS) is 16.4. The molecule has 3 rings (SSSR count). The zero-order chi connectivity index (χ0) is 15.4. The second-order valence-electron chi connectivity index (χ2n) is 5.43. The summed E-state index contributed by atoms with van der Waals surface area (Å²) in [5, 5.41) is 3.28. The Labute approximate surface area is 129 Å². The lowest BCUT2D eigenvalue weighted by molar-refractivity contribution is 0.217. The highest BCUT2D eigenvalue weighted by Gasteiger charge is 2.16. The topological polar surface area (TPSA) is 34.1 Å². The van der Waals surface area contributed by atoms with Gasteiger partial charge in [-0.25, -0.2) is 4.39 Å². The molecule has 0 saturated carbocycles. The molecular weight excluding hydrogens is 279 g/mol. The highest BCUT2D eigenvalue weighted by molar-refractivity contribution is 5.44. The molecule has 1 unspecified atom stereocenters. The van der Waals surface area contributed by atoms with E-state index in [2.05, 4.69) is 22.1 Å². The van der Waals surface area contributed by atoms with Crippen molar-refractivity contribution in [2.75, 3.05) is 13.2 Å². The molecule has 1 atom stereocenters. The van der Waals surface area contributed by atoms with Gasteiger partial charge in [-0.05, 0) is 49.7 Å². The summed E-state index contributed by atoms with van der Waals surface area (Å²) >= 11 is 0. The number of pyridine rings is 1. The first kappa shape index (κ1) is 14.6. The summed E-state index contributed by atoms with van der Waals surface area (Å²) in [4.78, 5) is 4.13. The second kappa shape index (κ2) is 6.59. The molecule has 1 saturated heterocycles. The van der Waals surface area contributed by atoms with Gasteiger partial charge in [0.2, 0.25) is 0 Å². The highest BCUT2D eigenvalue weighted by atomic mass is 19.1. The molecule has 112 valence electrons. The monoisotopic (exact) mass is 296 g/mol. The van der Waals surface area contributed by atoms with Crippen molar-refractivity contribution in [3.05, 3.63) is 59.2 Å². The first-order chi connectivity index (χ1) is 10.7. The van der Waals surface area contributed by atoms with Gasteiger partial charge in [-0.1, -0.05) is 11.8 Å². The number of ether oxygens (including phenoxy) is 1. The lowest BCUT2D eigenvalue weighted by atomic mass is 10.1. The third-order valence-electron chi connectivity index (χ3n) is 3.48. The number of rotatable bonds is 3. The van der Waals surface area contributed by atoms with Gasteiger partial charge >= 0.3 is 0 Å². The molecule has 0 spiro atoms. The minimum atomic E-state index is -0.271. The SMILES string of the molecule is Cc1cc(F)cc(C#Cc2cncc(OCC3CCN3)c2)c1. The van der Waals surface area contributed by atoms with E-state index in [9.17, 15) is 4.39 Å². The molecule has 1 aliphatic heterocycles. The minimum absolute atomic E-state index is 0.271. The molecule has 0 radical (unpaired) electrons. The number of halogens is 1. The zero-order valence-electron chi connectivity index (χ0n) is 12.4. The van der Waals surface area contributed by atoms with E-state index in [1.165, 1.54) is 12.1 Å². The van der Waals surface area contributed by atoms with E-state index in [1.54, 1.807) is 12.4 Å². The molecule has 2 heterocycles. The number of nitrogens with zero attached hydrogens (tertiary/aromatic N) is 1. The van der Waals surface area contributed by atoms with E-state index in [1.807, 2.05) is 19.1 Å². The van der Waals surface area contributed by atoms with Crippen molar-refractivity contribution < 1.29 is 9.13 Å². The molecule has 1 N–H and O–H groups in total. The van der Waals surface area contributed by atoms with Crippen molar-refractivity contribution >= 4 is 0 Å². The van der Waals surface area contributed by atoms with Crippen LogP contribution < -0.4 is 10.1 Å². The van der Waals surface area contributed by atoms with Gasteiger partial charge in [-0.2, -0.15) is 0 Å². The smallest absolute Gasteiger partial charge is 0.138 e. The van der Waals surface area contributed by atoms with Gasteiger partial charge in [0.1, 0.15) is 18.2 Å². The van der Waals surface area contributed by atoms with Crippen molar-refractivity contribution in [1.82, 2.24) is 10.3 Å². The molecular formula is C18H17FN2O. The number of aryl methyl sites for hydroxylation is 1. The summed E-state index contributed by atoms with van der Waals surface area (Å²) in [5.74, 6) is 6.39. The molecule has 0 bridgehead atoms. The van der Waals surface area contributed by atoms with E-state index in [4.69, 9.17) is 4.74 Å². The lowest BCUT2D eigenvalue weighted by Crippen LogP contribution is -2.46. The Bertz CT molecular complexity index is 709. The van der Waals surface area contributed by atoms with Crippen molar-refractivity contribution in [2.45, 2.75) is 19.4 Å². The number of benzene rings is 1. The fourth-order valence-electron chi connectivity index (χ4n) is 2.21. The predicted molar refractivity (Wildman–Crippen MR) is 83.3 cm³/mol. The molecule has 3 nitrogen and oxygen atoms in total. The Kier molecular flexibility index (Phi) is 4.36. The fourth-order valence-corrected chi connectivity index (χ4v) is 2.21. The van der Waals surface area contributed by atoms with Crippen LogP contribution in [0.3, 0.4) is 0 Å². The van der Waals surface area contributed by atoms with Gasteiger partial charge in [0, 0.05) is 23.4 Å². The van der Waals surface area contributed by atoms with E-state index in [0.717, 1.165) is 24.1 Å². The molecule has 1 aromatic carbocycles. The Morgan fingerprint density at radius 3 is 2.77 bits per heavy atom. The van der Waals surface area contributed by atoms with Crippen molar-refractivity contribution in [2.24, 2.45) is 0 Å². The minimum Gasteiger partial charge on any atom is -0.490 e. The quantitative estimate of drug-likeness (QED) is 0.884. The molecule has 0 aliphatic carbocycles. The molecule has 1 aromatic heterocycles. The molecule has 4 heteroatoms. The maximum Gasteiger partial charge on any atom is 0.138 e. The number of nitrogens with one attached hydrogen (secondary N) is 1. The van der Waals surface area contributed by atoms with Gasteiger partial charge < -0.3 is 10.1 Å². The third kappa shape index (κ3) is 3.84. The van der Waals surface area contributed by atoms with E-state index in [-0.39, 0.29) is 5.82 Å². The Balaban J connectivity index is 1.70.